The van der Waals surface area contributed by atoms with Crippen LogP contribution in [0.1, 0.15) is 45.4 Å². The molecule has 4 nitrogen and oxygen atoms in total. The number of allylic oxidation sites excluding steroid dienone is 2. The maximum Gasteiger partial charge on any atom is 0.224 e. The van der Waals surface area contributed by atoms with Crippen molar-refractivity contribution in [2.75, 3.05) is 0 Å². The molecule has 0 bridgehead atoms. The number of carbonyl (C=O) groups excluding carboxylic acids is 2. The van der Waals surface area contributed by atoms with E-state index in [1.807, 2.05) is 12.2 Å². The number of aliphatic carboxylic acids is 1. The molecular formula is C15H22NO3-. The van der Waals surface area contributed by atoms with E-state index in [1.54, 1.807) is 0 Å². The van der Waals surface area contributed by atoms with Gasteiger partial charge in [0.1, 0.15) is 0 Å². The third kappa shape index (κ3) is 3.37. The summed E-state index contributed by atoms with van der Waals surface area (Å²) >= 11 is 0. The lowest BCUT2D eigenvalue weighted by molar-refractivity contribution is -0.313. The van der Waals surface area contributed by atoms with Crippen LogP contribution in [0.15, 0.2) is 12.2 Å². The van der Waals surface area contributed by atoms with Crippen molar-refractivity contribution in [2.24, 2.45) is 17.8 Å². The molecule has 0 saturated heterocycles. The summed E-state index contributed by atoms with van der Waals surface area (Å²) in [6.45, 7) is 2.15. The van der Waals surface area contributed by atoms with Gasteiger partial charge in [0.25, 0.3) is 0 Å². The van der Waals surface area contributed by atoms with E-state index in [4.69, 9.17) is 0 Å². The normalized spacial score (nSPS) is 34.8. The average molecular weight is 264 g/mol. The maximum atomic E-state index is 12.3. The molecule has 0 aliphatic heterocycles. The van der Waals surface area contributed by atoms with Crippen molar-refractivity contribution in [2.45, 2.75) is 51.5 Å². The zero-order valence-corrected chi connectivity index (χ0v) is 11.4. The van der Waals surface area contributed by atoms with Crippen molar-refractivity contribution in [1.29, 1.82) is 0 Å². The van der Waals surface area contributed by atoms with Gasteiger partial charge >= 0.3 is 0 Å². The molecule has 2 aliphatic rings. The van der Waals surface area contributed by atoms with Gasteiger partial charge in [0, 0.05) is 23.8 Å². The van der Waals surface area contributed by atoms with Crippen LogP contribution in [-0.4, -0.2) is 17.9 Å². The fourth-order valence-corrected chi connectivity index (χ4v) is 3.18. The van der Waals surface area contributed by atoms with Crippen LogP contribution < -0.4 is 10.4 Å². The standard InChI is InChI=1S/C15H23NO3/c1-10-6-2-5-9-13(10)16-14(17)11-7-3-4-8-12(11)15(18)19/h3-4,10-13H,2,5-9H2,1H3,(H,16,17)(H,18,19)/p-1/t10-,11+,12-,13-/m0/s1. The maximum absolute atomic E-state index is 12.3. The lowest BCUT2D eigenvalue weighted by atomic mass is 9.81. The first-order valence-corrected chi connectivity index (χ1v) is 7.26. The average Bonchev–Trinajstić information content (AvgIpc) is 2.41. The fourth-order valence-electron chi connectivity index (χ4n) is 3.18. The largest absolute Gasteiger partial charge is 0.550 e. The van der Waals surface area contributed by atoms with E-state index in [2.05, 4.69) is 12.2 Å². The minimum atomic E-state index is -1.11. The van der Waals surface area contributed by atoms with Crippen molar-refractivity contribution in [1.82, 2.24) is 5.32 Å². The Morgan fingerprint density at radius 3 is 2.37 bits per heavy atom. The van der Waals surface area contributed by atoms with Gasteiger partial charge in [0.2, 0.25) is 5.91 Å². The van der Waals surface area contributed by atoms with Crippen molar-refractivity contribution in [3.05, 3.63) is 12.2 Å². The second kappa shape index (κ2) is 6.22. The topological polar surface area (TPSA) is 69.2 Å². The van der Waals surface area contributed by atoms with Gasteiger partial charge in [-0.25, -0.2) is 0 Å². The molecule has 106 valence electrons. The molecule has 0 unspecified atom stereocenters. The molecule has 2 aliphatic carbocycles. The third-order valence-corrected chi connectivity index (χ3v) is 4.51. The molecule has 0 heterocycles. The quantitative estimate of drug-likeness (QED) is 0.774. The molecule has 0 aromatic heterocycles. The minimum Gasteiger partial charge on any atom is -0.550 e. The lowest BCUT2D eigenvalue weighted by Gasteiger charge is -2.33. The Morgan fingerprint density at radius 2 is 1.74 bits per heavy atom. The van der Waals surface area contributed by atoms with Crippen LogP contribution in [0.25, 0.3) is 0 Å². The first-order valence-electron chi connectivity index (χ1n) is 7.26. The first kappa shape index (κ1) is 14.1. The Kier molecular flexibility index (Phi) is 4.61. The molecular weight excluding hydrogens is 242 g/mol. The number of rotatable bonds is 3. The molecule has 0 aromatic rings. The monoisotopic (exact) mass is 264 g/mol. The van der Waals surface area contributed by atoms with E-state index in [9.17, 15) is 14.7 Å². The van der Waals surface area contributed by atoms with Crippen molar-refractivity contribution < 1.29 is 14.7 Å². The van der Waals surface area contributed by atoms with Crippen molar-refractivity contribution in [3.8, 4) is 0 Å². The molecule has 1 amide bonds. The predicted octanol–water partition coefficient (Wildman–Crippen LogP) is 1.01. The van der Waals surface area contributed by atoms with E-state index in [1.165, 1.54) is 6.42 Å². The van der Waals surface area contributed by atoms with Crippen LogP contribution in [0, 0.1) is 17.8 Å². The van der Waals surface area contributed by atoms with Crippen LogP contribution in [-0.2, 0) is 9.59 Å². The first-order chi connectivity index (χ1) is 9.09. The number of carboxylic acids is 1. The fraction of sp³-hybridized carbons (Fsp3) is 0.733. The molecule has 4 heteroatoms. The molecule has 2 rings (SSSR count). The van der Waals surface area contributed by atoms with Crippen molar-refractivity contribution in [3.63, 3.8) is 0 Å². The predicted molar refractivity (Wildman–Crippen MR) is 69.9 cm³/mol. The highest BCUT2D eigenvalue weighted by molar-refractivity contribution is 5.84. The third-order valence-electron chi connectivity index (χ3n) is 4.51. The number of carboxylic acid groups (broad SMARTS) is 1. The van der Waals surface area contributed by atoms with Gasteiger partial charge in [0.05, 0.1) is 0 Å². The van der Waals surface area contributed by atoms with E-state index < -0.39 is 17.8 Å². The molecule has 0 aromatic carbocycles. The summed E-state index contributed by atoms with van der Waals surface area (Å²) in [5, 5.41) is 14.2. The highest BCUT2D eigenvalue weighted by atomic mass is 16.4. The number of hydrogen-bond donors (Lipinski definition) is 1. The Labute approximate surface area is 114 Å². The van der Waals surface area contributed by atoms with Crippen LogP contribution in [0.2, 0.25) is 0 Å². The zero-order valence-electron chi connectivity index (χ0n) is 11.4. The number of hydrogen-bond acceptors (Lipinski definition) is 3. The number of amides is 1. The van der Waals surface area contributed by atoms with Gasteiger partial charge in [-0.15, -0.1) is 0 Å². The van der Waals surface area contributed by atoms with Gasteiger partial charge in [0.15, 0.2) is 0 Å². The second-order valence-electron chi connectivity index (χ2n) is 5.85. The summed E-state index contributed by atoms with van der Waals surface area (Å²) in [4.78, 5) is 23.4. The Morgan fingerprint density at radius 1 is 1.11 bits per heavy atom. The minimum absolute atomic E-state index is 0.114. The summed E-state index contributed by atoms with van der Waals surface area (Å²) in [7, 11) is 0. The SMILES string of the molecule is C[C@H]1CCCC[C@@H]1NC(=O)[C@@H]1CC=CC[C@@H]1C(=O)[O-]. The molecule has 1 saturated carbocycles. The lowest BCUT2D eigenvalue weighted by Crippen LogP contribution is -2.48. The summed E-state index contributed by atoms with van der Waals surface area (Å²) in [6.07, 6.45) is 9.14. The highest BCUT2D eigenvalue weighted by Gasteiger charge is 2.32. The molecule has 0 radical (unpaired) electrons. The van der Waals surface area contributed by atoms with Gasteiger partial charge in [-0.1, -0.05) is 31.9 Å². The Balaban J connectivity index is 1.97. The summed E-state index contributed by atoms with van der Waals surface area (Å²) in [5.74, 6) is -1.88. The molecule has 19 heavy (non-hydrogen) atoms. The summed E-state index contributed by atoms with van der Waals surface area (Å²) < 4.78 is 0. The molecule has 4 atom stereocenters. The van der Waals surface area contributed by atoms with E-state index in [0.717, 1.165) is 19.3 Å². The van der Waals surface area contributed by atoms with Gasteiger partial charge < -0.3 is 15.2 Å². The number of carbonyl (C=O) groups is 2. The molecule has 1 fully saturated rings. The van der Waals surface area contributed by atoms with Crippen LogP contribution in [0.5, 0.6) is 0 Å². The van der Waals surface area contributed by atoms with Gasteiger partial charge in [-0.3, -0.25) is 4.79 Å². The van der Waals surface area contributed by atoms with Crippen LogP contribution >= 0.6 is 0 Å². The van der Waals surface area contributed by atoms with E-state index in [0.29, 0.717) is 18.8 Å². The Hall–Kier alpha value is -1.32. The van der Waals surface area contributed by atoms with Crippen LogP contribution in [0.3, 0.4) is 0 Å². The van der Waals surface area contributed by atoms with Crippen LogP contribution in [0.4, 0.5) is 0 Å². The second-order valence-corrected chi connectivity index (χ2v) is 5.85. The summed E-state index contributed by atoms with van der Waals surface area (Å²) in [5.41, 5.74) is 0. The Bertz CT molecular complexity index is 378. The summed E-state index contributed by atoms with van der Waals surface area (Å²) in [6, 6.07) is 0.203. The molecule has 0 spiro atoms. The number of nitrogens with one attached hydrogen (secondary N) is 1. The highest BCUT2D eigenvalue weighted by Crippen LogP contribution is 2.28. The van der Waals surface area contributed by atoms with Crippen molar-refractivity contribution >= 4 is 11.9 Å². The van der Waals surface area contributed by atoms with Gasteiger partial charge in [-0.05, 0) is 31.6 Å². The van der Waals surface area contributed by atoms with Gasteiger partial charge in [-0.2, -0.15) is 0 Å². The van der Waals surface area contributed by atoms with E-state index >= 15 is 0 Å². The smallest absolute Gasteiger partial charge is 0.224 e. The zero-order chi connectivity index (χ0) is 13.8. The molecule has 1 N–H and O–H groups in total. The van der Waals surface area contributed by atoms with E-state index in [-0.39, 0.29) is 11.9 Å².